The Morgan fingerprint density at radius 1 is 1.15 bits per heavy atom. The highest BCUT2D eigenvalue weighted by Gasteiger charge is 2.27. The summed E-state index contributed by atoms with van der Waals surface area (Å²) < 4.78 is 0. The molecule has 2 aromatic carbocycles. The number of fused-ring (bicyclic) bond motifs is 1. The van der Waals surface area contributed by atoms with Crippen molar-refractivity contribution in [3.63, 3.8) is 0 Å². The van der Waals surface area contributed by atoms with E-state index in [1.807, 2.05) is 6.07 Å². The highest BCUT2D eigenvalue weighted by Crippen LogP contribution is 2.23. The van der Waals surface area contributed by atoms with Gasteiger partial charge in [-0.1, -0.05) is 36.8 Å². The van der Waals surface area contributed by atoms with E-state index in [-0.39, 0.29) is 5.56 Å². The van der Waals surface area contributed by atoms with E-state index in [0.29, 0.717) is 17.7 Å². The molecule has 1 aliphatic rings. The van der Waals surface area contributed by atoms with Crippen LogP contribution >= 0.6 is 12.2 Å². The average molecular weight is 477 g/mol. The second-order valence-electron chi connectivity index (χ2n) is 9.65. The number of rotatable bonds is 6. The fraction of sp³-hybridized carbons (Fsp3) is 0.429. The topological polar surface area (TPSA) is 51.4 Å². The normalized spacial score (nSPS) is 16.2. The number of hydrogen-bond acceptors (Lipinski definition) is 3. The number of pyridine rings is 1. The Hall–Kier alpha value is -2.70. The van der Waals surface area contributed by atoms with Crippen LogP contribution in [0.5, 0.6) is 0 Å². The van der Waals surface area contributed by atoms with Crippen LogP contribution in [0.15, 0.2) is 41.2 Å². The quantitative estimate of drug-likeness (QED) is 0.464. The van der Waals surface area contributed by atoms with Crippen molar-refractivity contribution in [2.45, 2.75) is 60.0 Å². The maximum atomic E-state index is 13.1. The van der Waals surface area contributed by atoms with E-state index in [9.17, 15) is 4.79 Å². The fourth-order valence-electron chi connectivity index (χ4n) is 5.03. The Labute approximate surface area is 208 Å². The highest BCUT2D eigenvalue weighted by atomic mass is 32.1. The first-order chi connectivity index (χ1) is 16.3. The third-order valence-electron chi connectivity index (χ3n) is 7.24. The molecule has 0 amide bonds. The second kappa shape index (κ2) is 10.3. The summed E-state index contributed by atoms with van der Waals surface area (Å²) in [6.07, 6.45) is 2.36. The van der Waals surface area contributed by atoms with Gasteiger partial charge in [-0.3, -0.25) is 9.69 Å². The predicted molar refractivity (Wildman–Crippen MR) is 147 cm³/mol. The molecule has 1 atom stereocenters. The first-order valence-electron chi connectivity index (χ1n) is 12.3. The van der Waals surface area contributed by atoms with Crippen LogP contribution < -0.4 is 10.9 Å². The molecule has 1 aliphatic heterocycles. The SMILES string of the molecule is CCN1CCC[C@H]1CN(Cc1cc2ccc(C)c(C)c2[nH]c1=O)C(=S)Nc1ccc(C)cc1C. The summed E-state index contributed by atoms with van der Waals surface area (Å²) in [4.78, 5) is 20.9. The molecular formula is C28H36N4OS. The third-order valence-corrected chi connectivity index (χ3v) is 7.60. The van der Waals surface area contributed by atoms with Crippen LogP contribution in [0.25, 0.3) is 10.9 Å². The van der Waals surface area contributed by atoms with E-state index in [4.69, 9.17) is 12.2 Å². The largest absolute Gasteiger partial charge is 0.343 e. The van der Waals surface area contributed by atoms with Gasteiger partial charge in [-0.05, 0) is 100 Å². The lowest BCUT2D eigenvalue weighted by atomic mass is 10.0. The van der Waals surface area contributed by atoms with Crippen molar-refractivity contribution in [2.24, 2.45) is 0 Å². The minimum atomic E-state index is -0.0423. The standard InChI is InChI=1S/C28H36N4OS/c1-6-31-13-7-8-24(31)17-32(28(34)29-25-12-9-18(2)14-20(25)4)16-23-15-22-11-10-19(3)21(5)26(22)30-27(23)33/h9-12,14-15,24H,6-8,13,16-17H2,1-5H3,(H,29,34)(H,30,33)/t24-/m0/s1. The van der Waals surface area contributed by atoms with Gasteiger partial charge in [0.15, 0.2) is 5.11 Å². The van der Waals surface area contributed by atoms with Crippen molar-refractivity contribution in [1.82, 2.24) is 14.8 Å². The number of H-pyrrole nitrogens is 1. The van der Waals surface area contributed by atoms with Crippen LogP contribution in [0.4, 0.5) is 5.69 Å². The summed E-state index contributed by atoms with van der Waals surface area (Å²) in [5.74, 6) is 0. The van der Waals surface area contributed by atoms with Crippen LogP contribution in [0.1, 0.15) is 47.6 Å². The van der Waals surface area contributed by atoms with Crippen molar-refractivity contribution < 1.29 is 0 Å². The molecule has 3 aromatic rings. The van der Waals surface area contributed by atoms with Gasteiger partial charge in [0.1, 0.15) is 0 Å². The molecule has 5 nitrogen and oxygen atoms in total. The van der Waals surface area contributed by atoms with E-state index in [0.717, 1.165) is 59.3 Å². The van der Waals surface area contributed by atoms with Crippen molar-refractivity contribution in [1.29, 1.82) is 0 Å². The maximum Gasteiger partial charge on any atom is 0.253 e. The van der Waals surface area contributed by atoms with Gasteiger partial charge in [0.05, 0.1) is 12.1 Å². The van der Waals surface area contributed by atoms with Gasteiger partial charge >= 0.3 is 0 Å². The van der Waals surface area contributed by atoms with Crippen LogP contribution in [-0.4, -0.2) is 45.6 Å². The molecule has 0 unspecified atom stereocenters. The van der Waals surface area contributed by atoms with Crippen molar-refractivity contribution in [2.75, 3.05) is 25.0 Å². The number of aromatic nitrogens is 1. The number of benzene rings is 2. The highest BCUT2D eigenvalue weighted by molar-refractivity contribution is 7.80. The van der Waals surface area contributed by atoms with Gasteiger partial charge in [-0.2, -0.15) is 0 Å². The lowest BCUT2D eigenvalue weighted by molar-refractivity contribution is 0.221. The molecule has 2 heterocycles. The number of hydrogen-bond donors (Lipinski definition) is 2. The van der Waals surface area contributed by atoms with Gasteiger partial charge in [0.25, 0.3) is 5.56 Å². The minimum absolute atomic E-state index is 0.0423. The zero-order chi connectivity index (χ0) is 24.4. The van der Waals surface area contributed by atoms with E-state index in [1.165, 1.54) is 17.5 Å². The maximum absolute atomic E-state index is 13.1. The summed E-state index contributed by atoms with van der Waals surface area (Å²) in [5.41, 5.74) is 7.31. The fourth-order valence-corrected chi connectivity index (χ4v) is 5.28. The van der Waals surface area contributed by atoms with E-state index >= 15 is 0 Å². The molecule has 0 spiro atoms. The van der Waals surface area contributed by atoms with Crippen LogP contribution in [0.2, 0.25) is 0 Å². The Bertz CT molecular complexity index is 1270. The number of likely N-dealkylation sites (tertiary alicyclic amines) is 1. The number of thiocarbonyl (C=S) groups is 1. The first kappa shape index (κ1) is 24.4. The number of anilines is 1. The molecule has 4 rings (SSSR count). The van der Waals surface area contributed by atoms with Gasteiger partial charge < -0.3 is 15.2 Å². The zero-order valence-corrected chi connectivity index (χ0v) is 21.8. The summed E-state index contributed by atoms with van der Waals surface area (Å²) >= 11 is 5.92. The molecule has 6 heteroatoms. The predicted octanol–water partition coefficient (Wildman–Crippen LogP) is 5.45. The van der Waals surface area contributed by atoms with Gasteiger partial charge in [0.2, 0.25) is 0 Å². The number of aromatic amines is 1. The lowest BCUT2D eigenvalue weighted by Crippen LogP contribution is -2.45. The van der Waals surface area contributed by atoms with Crippen molar-refractivity contribution in [3.05, 3.63) is 74.6 Å². The summed E-state index contributed by atoms with van der Waals surface area (Å²) in [7, 11) is 0. The Kier molecular flexibility index (Phi) is 7.39. The third kappa shape index (κ3) is 5.18. The molecular weight excluding hydrogens is 440 g/mol. The van der Waals surface area contributed by atoms with Gasteiger partial charge in [-0.25, -0.2) is 0 Å². The average Bonchev–Trinajstić information content (AvgIpc) is 3.26. The van der Waals surface area contributed by atoms with Gasteiger partial charge in [-0.15, -0.1) is 0 Å². The summed E-state index contributed by atoms with van der Waals surface area (Å²) in [6, 6.07) is 13.0. The number of nitrogens with one attached hydrogen (secondary N) is 2. The molecule has 1 fully saturated rings. The first-order valence-corrected chi connectivity index (χ1v) is 12.7. The Morgan fingerprint density at radius 2 is 1.94 bits per heavy atom. The summed E-state index contributed by atoms with van der Waals surface area (Å²) in [5, 5.41) is 5.18. The molecule has 1 saturated heterocycles. The van der Waals surface area contributed by atoms with Crippen molar-refractivity contribution >= 4 is 33.9 Å². The van der Waals surface area contributed by atoms with Gasteiger partial charge in [0, 0.05) is 23.8 Å². The van der Waals surface area contributed by atoms with E-state index in [1.54, 1.807) is 0 Å². The van der Waals surface area contributed by atoms with E-state index < -0.39 is 0 Å². The molecule has 34 heavy (non-hydrogen) atoms. The smallest absolute Gasteiger partial charge is 0.253 e. The molecule has 2 N–H and O–H groups in total. The molecule has 0 saturated carbocycles. The monoisotopic (exact) mass is 476 g/mol. The second-order valence-corrected chi connectivity index (χ2v) is 10.0. The van der Waals surface area contributed by atoms with Crippen LogP contribution in [-0.2, 0) is 6.54 Å². The summed E-state index contributed by atoms with van der Waals surface area (Å²) in [6.45, 7) is 14.0. The van der Waals surface area contributed by atoms with Crippen LogP contribution in [0.3, 0.4) is 0 Å². The molecule has 0 radical (unpaired) electrons. The molecule has 0 aliphatic carbocycles. The van der Waals surface area contributed by atoms with Crippen LogP contribution in [0, 0.1) is 27.7 Å². The van der Waals surface area contributed by atoms with Crippen molar-refractivity contribution in [3.8, 4) is 0 Å². The molecule has 180 valence electrons. The minimum Gasteiger partial charge on any atom is -0.343 e. The number of likely N-dealkylation sites (N-methyl/N-ethyl adjacent to an activating group) is 1. The molecule has 0 bridgehead atoms. The number of aryl methyl sites for hydroxylation is 4. The zero-order valence-electron chi connectivity index (χ0n) is 21.0. The Balaban J connectivity index is 1.65. The lowest BCUT2D eigenvalue weighted by Gasteiger charge is -2.32. The van der Waals surface area contributed by atoms with E-state index in [2.05, 4.69) is 85.1 Å². The number of nitrogens with zero attached hydrogens (tertiary/aromatic N) is 2. The molecule has 1 aromatic heterocycles. The Morgan fingerprint density at radius 3 is 2.68 bits per heavy atom.